The standard InChI is InChI=1S/C13H19N5O/c1-7-12(14-5)16-10(4)17-13(7)15-6-11-8(2)18-19-9(11)3/h6H2,1-5H3,(H2,14,15,16,17). The van der Waals surface area contributed by atoms with Crippen LogP contribution >= 0.6 is 0 Å². The molecule has 19 heavy (non-hydrogen) atoms. The van der Waals surface area contributed by atoms with E-state index in [0.717, 1.165) is 40.0 Å². The zero-order chi connectivity index (χ0) is 14.0. The molecule has 6 nitrogen and oxygen atoms in total. The van der Waals surface area contributed by atoms with Crippen molar-refractivity contribution >= 4 is 11.6 Å². The van der Waals surface area contributed by atoms with Gasteiger partial charge in [-0.25, -0.2) is 9.97 Å². The van der Waals surface area contributed by atoms with Crippen molar-refractivity contribution in [1.29, 1.82) is 0 Å². The molecule has 0 radical (unpaired) electrons. The zero-order valence-corrected chi connectivity index (χ0v) is 12.0. The number of hydrogen-bond acceptors (Lipinski definition) is 6. The lowest BCUT2D eigenvalue weighted by Crippen LogP contribution is -2.09. The normalized spacial score (nSPS) is 10.6. The van der Waals surface area contributed by atoms with Crippen LogP contribution in [0.4, 0.5) is 11.6 Å². The number of aromatic nitrogens is 3. The minimum Gasteiger partial charge on any atom is -0.373 e. The van der Waals surface area contributed by atoms with Crippen LogP contribution in [-0.4, -0.2) is 22.2 Å². The van der Waals surface area contributed by atoms with Crippen molar-refractivity contribution in [2.45, 2.75) is 34.2 Å². The third-order valence-electron chi connectivity index (χ3n) is 3.11. The predicted octanol–water partition coefficient (Wildman–Crippen LogP) is 2.35. The van der Waals surface area contributed by atoms with E-state index < -0.39 is 0 Å². The van der Waals surface area contributed by atoms with Gasteiger partial charge in [-0.1, -0.05) is 5.16 Å². The SMILES string of the molecule is CNc1nc(C)nc(NCc2c(C)noc2C)c1C. The van der Waals surface area contributed by atoms with Crippen LogP contribution in [0.5, 0.6) is 0 Å². The first kappa shape index (κ1) is 13.3. The van der Waals surface area contributed by atoms with Crippen LogP contribution in [0.25, 0.3) is 0 Å². The van der Waals surface area contributed by atoms with Gasteiger partial charge in [-0.3, -0.25) is 0 Å². The number of nitrogens with one attached hydrogen (secondary N) is 2. The summed E-state index contributed by atoms with van der Waals surface area (Å²) in [7, 11) is 1.85. The van der Waals surface area contributed by atoms with Gasteiger partial charge in [0.25, 0.3) is 0 Å². The van der Waals surface area contributed by atoms with Gasteiger partial charge in [0, 0.05) is 24.7 Å². The van der Waals surface area contributed by atoms with E-state index in [2.05, 4.69) is 25.8 Å². The quantitative estimate of drug-likeness (QED) is 0.880. The van der Waals surface area contributed by atoms with Crippen LogP contribution in [0.1, 0.15) is 28.4 Å². The highest BCUT2D eigenvalue weighted by atomic mass is 16.5. The third kappa shape index (κ3) is 2.67. The Morgan fingerprint density at radius 3 is 2.32 bits per heavy atom. The predicted molar refractivity (Wildman–Crippen MR) is 74.4 cm³/mol. The van der Waals surface area contributed by atoms with Crippen LogP contribution in [0.2, 0.25) is 0 Å². The first-order valence-electron chi connectivity index (χ1n) is 6.21. The molecule has 2 heterocycles. The maximum absolute atomic E-state index is 5.15. The van der Waals surface area contributed by atoms with E-state index >= 15 is 0 Å². The Bertz CT molecular complexity index is 571. The molecule has 2 aromatic rings. The lowest BCUT2D eigenvalue weighted by Gasteiger charge is -2.12. The Morgan fingerprint density at radius 1 is 1.05 bits per heavy atom. The van der Waals surface area contributed by atoms with Gasteiger partial charge in [-0.15, -0.1) is 0 Å². The second kappa shape index (κ2) is 5.26. The van der Waals surface area contributed by atoms with Gasteiger partial charge in [0.05, 0.1) is 5.69 Å². The maximum Gasteiger partial charge on any atom is 0.138 e. The molecule has 0 spiro atoms. The molecule has 2 N–H and O–H groups in total. The van der Waals surface area contributed by atoms with Gasteiger partial charge in [0.1, 0.15) is 23.2 Å². The number of hydrogen-bond donors (Lipinski definition) is 2. The monoisotopic (exact) mass is 261 g/mol. The van der Waals surface area contributed by atoms with Gasteiger partial charge >= 0.3 is 0 Å². The highest BCUT2D eigenvalue weighted by Gasteiger charge is 2.11. The summed E-state index contributed by atoms with van der Waals surface area (Å²) in [6.45, 7) is 8.35. The molecule has 102 valence electrons. The van der Waals surface area contributed by atoms with Crippen molar-refractivity contribution in [3.05, 3.63) is 28.4 Å². The maximum atomic E-state index is 5.15. The topological polar surface area (TPSA) is 75.9 Å². The lowest BCUT2D eigenvalue weighted by molar-refractivity contribution is 0.392. The molecule has 0 atom stereocenters. The highest BCUT2D eigenvalue weighted by Crippen LogP contribution is 2.21. The van der Waals surface area contributed by atoms with Gasteiger partial charge in [0.15, 0.2) is 0 Å². The first-order chi connectivity index (χ1) is 9.02. The van der Waals surface area contributed by atoms with E-state index in [-0.39, 0.29) is 0 Å². The Hall–Kier alpha value is -2.11. The summed E-state index contributed by atoms with van der Waals surface area (Å²) in [5.74, 6) is 3.24. The van der Waals surface area contributed by atoms with Crippen molar-refractivity contribution in [2.75, 3.05) is 17.7 Å². The van der Waals surface area contributed by atoms with Gasteiger partial charge < -0.3 is 15.2 Å². The van der Waals surface area contributed by atoms with Gasteiger partial charge in [0.2, 0.25) is 0 Å². The second-order valence-corrected chi connectivity index (χ2v) is 4.50. The number of rotatable bonds is 4. The van der Waals surface area contributed by atoms with Crippen LogP contribution in [0.15, 0.2) is 4.52 Å². The van der Waals surface area contributed by atoms with Crippen molar-refractivity contribution in [1.82, 2.24) is 15.1 Å². The number of aryl methyl sites for hydroxylation is 3. The molecular formula is C13H19N5O. The molecule has 2 aromatic heterocycles. The summed E-state index contributed by atoms with van der Waals surface area (Å²) in [6.07, 6.45) is 0. The van der Waals surface area contributed by atoms with Crippen LogP contribution < -0.4 is 10.6 Å². The Balaban J connectivity index is 2.22. The Kier molecular flexibility index (Phi) is 3.69. The van der Waals surface area contributed by atoms with Crippen molar-refractivity contribution in [3.8, 4) is 0 Å². The van der Waals surface area contributed by atoms with Crippen LogP contribution in [-0.2, 0) is 6.54 Å². The molecule has 0 aliphatic rings. The molecule has 2 rings (SSSR count). The fraction of sp³-hybridized carbons (Fsp3) is 0.462. The Morgan fingerprint density at radius 2 is 1.74 bits per heavy atom. The molecular weight excluding hydrogens is 242 g/mol. The van der Waals surface area contributed by atoms with Gasteiger partial charge in [-0.2, -0.15) is 0 Å². The second-order valence-electron chi connectivity index (χ2n) is 4.50. The molecule has 0 amide bonds. The molecule has 0 aliphatic heterocycles. The fourth-order valence-corrected chi connectivity index (χ4v) is 1.97. The molecule has 0 aromatic carbocycles. The molecule has 0 bridgehead atoms. The molecule has 0 fully saturated rings. The van der Waals surface area contributed by atoms with E-state index in [1.807, 2.05) is 34.7 Å². The fourth-order valence-electron chi connectivity index (χ4n) is 1.97. The lowest BCUT2D eigenvalue weighted by atomic mass is 10.2. The minimum atomic E-state index is 0.640. The summed E-state index contributed by atoms with van der Waals surface area (Å²) in [5.41, 5.74) is 2.98. The number of nitrogens with zero attached hydrogens (tertiary/aromatic N) is 3. The minimum absolute atomic E-state index is 0.640. The van der Waals surface area contributed by atoms with E-state index in [4.69, 9.17) is 4.52 Å². The molecule has 6 heteroatoms. The zero-order valence-electron chi connectivity index (χ0n) is 12.0. The van der Waals surface area contributed by atoms with Crippen molar-refractivity contribution in [2.24, 2.45) is 0 Å². The molecule has 0 saturated carbocycles. The highest BCUT2D eigenvalue weighted by molar-refractivity contribution is 5.57. The average Bonchev–Trinajstić information content (AvgIpc) is 2.70. The van der Waals surface area contributed by atoms with Crippen molar-refractivity contribution in [3.63, 3.8) is 0 Å². The van der Waals surface area contributed by atoms with E-state index in [0.29, 0.717) is 6.54 Å². The summed E-state index contributed by atoms with van der Waals surface area (Å²) in [6, 6.07) is 0. The molecule has 0 unspecified atom stereocenters. The molecule has 0 aliphatic carbocycles. The Labute approximate surface area is 112 Å². The summed E-state index contributed by atoms with van der Waals surface area (Å²) in [4.78, 5) is 8.77. The smallest absolute Gasteiger partial charge is 0.138 e. The van der Waals surface area contributed by atoms with Crippen LogP contribution in [0.3, 0.4) is 0 Å². The first-order valence-corrected chi connectivity index (χ1v) is 6.21. The third-order valence-corrected chi connectivity index (χ3v) is 3.11. The van der Waals surface area contributed by atoms with Crippen molar-refractivity contribution < 1.29 is 4.52 Å². The van der Waals surface area contributed by atoms with E-state index in [1.54, 1.807) is 0 Å². The average molecular weight is 261 g/mol. The van der Waals surface area contributed by atoms with E-state index in [9.17, 15) is 0 Å². The largest absolute Gasteiger partial charge is 0.373 e. The van der Waals surface area contributed by atoms with E-state index in [1.165, 1.54) is 0 Å². The number of anilines is 2. The summed E-state index contributed by atoms with van der Waals surface area (Å²) in [5, 5.41) is 10.3. The summed E-state index contributed by atoms with van der Waals surface area (Å²) < 4.78 is 5.15. The van der Waals surface area contributed by atoms with Gasteiger partial charge in [-0.05, 0) is 27.7 Å². The summed E-state index contributed by atoms with van der Waals surface area (Å²) >= 11 is 0. The molecule has 0 saturated heterocycles. The van der Waals surface area contributed by atoms with Crippen LogP contribution in [0, 0.1) is 27.7 Å².